The summed E-state index contributed by atoms with van der Waals surface area (Å²) in [6.07, 6.45) is 6.27. The molecule has 0 saturated heterocycles. The molecule has 0 amide bonds. The molecule has 0 aromatic carbocycles. The van der Waals surface area contributed by atoms with Crippen molar-refractivity contribution in [2.45, 2.75) is 77.7 Å². The Morgan fingerprint density at radius 3 is 2.04 bits per heavy atom. The fourth-order valence-electron chi connectivity index (χ4n) is 4.11. The lowest BCUT2D eigenvalue weighted by molar-refractivity contribution is -0.167. The number of aliphatic hydroxyl groups is 1. The molecule has 0 aliphatic heterocycles. The minimum atomic E-state index is -1.24. The summed E-state index contributed by atoms with van der Waals surface area (Å²) >= 11 is 0. The van der Waals surface area contributed by atoms with Crippen LogP contribution in [0.2, 0.25) is 0 Å². The number of methoxy groups -OCH3 is 2. The van der Waals surface area contributed by atoms with Crippen LogP contribution in [0.5, 0.6) is 0 Å². The van der Waals surface area contributed by atoms with Gasteiger partial charge in [0.15, 0.2) is 0 Å². The Morgan fingerprint density at radius 2 is 1.52 bits per heavy atom. The number of carbonyl (C=O) groups is 2. The molecule has 0 radical (unpaired) electrons. The average molecular weight is 328 g/mol. The van der Waals surface area contributed by atoms with Gasteiger partial charge < -0.3 is 14.6 Å². The predicted molar refractivity (Wildman–Crippen MR) is 87.8 cm³/mol. The van der Waals surface area contributed by atoms with E-state index in [1.165, 1.54) is 20.6 Å². The Balaban J connectivity index is 2.95. The average Bonchev–Trinajstić information content (AvgIpc) is 2.73. The molecular weight excluding hydrogens is 296 g/mol. The molecule has 5 nitrogen and oxygen atoms in total. The Hall–Kier alpha value is -1.10. The van der Waals surface area contributed by atoms with Crippen molar-refractivity contribution in [3.05, 3.63) is 0 Å². The molecule has 0 aromatic rings. The smallest absolute Gasteiger partial charge is 0.314 e. The van der Waals surface area contributed by atoms with Crippen molar-refractivity contribution in [2.75, 3.05) is 14.2 Å². The second-order valence-corrected chi connectivity index (χ2v) is 7.43. The summed E-state index contributed by atoms with van der Waals surface area (Å²) in [6, 6.07) is 0. The van der Waals surface area contributed by atoms with E-state index < -0.39 is 22.4 Å². The fraction of sp³-hybridized carbons (Fsp3) is 0.889. The van der Waals surface area contributed by atoms with Gasteiger partial charge in [-0.15, -0.1) is 0 Å². The lowest BCUT2D eigenvalue weighted by Crippen LogP contribution is -2.47. The maximum atomic E-state index is 12.4. The van der Waals surface area contributed by atoms with E-state index in [0.717, 1.165) is 25.7 Å². The summed E-state index contributed by atoms with van der Waals surface area (Å²) in [5.41, 5.74) is -3.19. The number of rotatable bonds is 8. The molecular formula is C18H32O5. The fourth-order valence-corrected chi connectivity index (χ4v) is 4.11. The predicted octanol–water partition coefficient (Wildman–Crippen LogP) is 3.23. The van der Waals surface area contributed by atoms with Crippen molar-refractivity contribution in [3.8, 4) is 0 Å². The maximum absolute atomic E-state index is 12.4. The van der Waals surface area contributed by atoms with Crippen LogP contribution in [0.25, 0.3) is 0 Å². The second kappa shape index (κ2) is 7.65. The number of unbranched alkanes of at least 4 members (excludes halogenated alkanes) is 4. The van der Waals surface area contributed by atoms with Gasteiger partial charge in [-0.3, -0.25) is 9.59 Å². The van der Waals surface area contributed by atoms with Gasteiger partial charge in [-0.2, -0.15) is 0 Å². The summed E-state index contributed by atoms with van der Waals surface area (Å²) in [5.74, 6) is -0.837. The quantitative estimate of drug-likeness (QED) is 0.547. The van der Waals surface area contributed by atoms with Gasteiger partial charge in [0, 0.05) is 0 Å². The minimum absolute atomic E-state index is 0.228. The molecule has 0 bridgehead atoms. The highest BCUT2D eigenvalue weighted by molar-refractivity contribution is 5.83. The minimum Gasteiger partial charge on any atom is -0.469 e. The van der Waals surface area contributed by atoms with Gasteiger partial charge in [0.2, 0.25) is 0 Å². The molecule has 1 aliphatic carbocycles. The van der Waals surface area contributed by atoms with Crippen molar-refractivity contribution in [3.63, 3.8) is 0 Å². The summed E-state index contributed by atoms with van der Waals surface area (Å²) in [6.45, 7) is 5.62. The van der Waals surface area contributed by atoms with Crippen LogP contribution in [-0.2, 0) is 19.1 Å². The van der Waals surface area contributed by atoms with Crippen LogP contribution in [0.15, 0.2) is 0 Å². The van der Waals surface area contributed by atoms with Gasteiger partial charge in [-0.05, 0) is 33.1 Å². The molecule has 0 aromatic heterocycles. The van der Waals surface area contributed by atoms with Gasteiger partial charge in [0.25, 0.3) is 0 Å². The summed E-state index contributed by atoms with van der Waals surface area (Å²) in [5, 5.41) is 11.2. The summed E-state index contributed by atoms with van der Waals surface area (Å²) < 4.78 is 9.83. The van der Waals surface area contributed by atoms with Crippen molar-refractivity contribution >= 4 is 11.9 Å². The highest BCUT2D eigenvalue weighted by Crippen LogP contribution is 2.58. The molecule has 0 spiro atoms. The SMILES string of the molecule is CCCCCCC[C@@]1(O)C[C@](C)(C(=O)OC)C[C@]1(C)C(=O)OC. The molecule has 1 saturated carbocycles. The van der Waals surface area contributed by atoms with Crippen LogP contribution >= 0.6 is 0 Å². The van der Waals surface area contributed by atoms with Gasteiger partial charge in [0.05, 0.1) is 30.7 Å². The summed E-state index contributed by atoms with van der Waals surface area (Å²) in [7, 11) is 2.66. The molecule has 1 rings (SSSR count). The maximum Gasteiger partial charge on any atom is 0.314 e. The highest BCUT2D eigenvalue weighted by atomic mass is 16.5. The van der Waals surface area contributed by atoms with Gasteiger partial charge in [-0.25, -0.2) is 0 Å². The third kappa shape index (κ3) is 3.87. The van der Waals surface area contributed by atoms with E-state index in [-0.39, 0.29) is 18.8 Å². The van der Waals surface area contributed by atoms with Crippen molar-refractivity contribution in [2.24, 2.45) is 10.8 Å². The van der Waals surface area contributed by atoms with E-state index in [0.29, 0.717) is 6.42 Å². The Bertz CT molecular complexity index is 435. The highest BCUT2D eigenvalue weighted by Gasteiger charge is 2.65. The first-order valence-electron chi connectivity index (χ1n) is 8.58. The van der Waals surface area contributed by atoms with Crippen molar-refractivity contribution in [1.29, 1.82) is 0 Å². The lowest BCUT2D eigenvalue weighted by atomic mass is 9.73. The first-order chi connectivity index (χ1) is 10.7. The van der Waals surface area contributed by atoms with Crippen LogP contribution in [0, 0.1) is 10.8 Å². The monoisotopic (exact) mass is 328 g/mol. The van der Waals surface area contributed by atoms with Crippen molar-refractivity contribution < 1.29 is 24.2 Å². The Kier molecular flexibility index (Phi) is 6.63. The van der Waals surface area contributed by atoms with E-state index in [9.17, 15) is 14.7 Å². The van der Waals surface area contributed by atoms with E-state index >= 15 is 0 Å². The van der Waals surface area contributed by atoms with Gasteiger partial charge in [-0.1, -0.05) is 39.0 Å². The largest absolute Gasteiger partial charge is 0.469 e. The van der Waals surface area contributed by atoms with E-state index in [4.69, 9.17) is 9.47 Å². The van der Waals surface area contributed by atoms with E-state index in [1.54, 1.807) is 13.8 Å². The van der Waals surface area contributed by atoms with E-state index in [2.05, 4.69) is 6.92 Å². The third-order valence-electron chi connectivity index (χ3n) is 5.46. The summed E-state index contributed by atoms with van der Waals surface area (Å²) in [4.78, 5) is 24.5. The molecule has 134 valence electrons. The molecule has 1 aliphatic rings. The first kappa shape index (κ1) is 19.9. The zero-order valence-corrected chi connectivity index (χ0v) is 15.2. The zero-order valence-electron chi connectivity index (χ0n) is 15.2. The van der Waals surface area contributed by atoms with E-state index in [1.807, 2.05) is 0 Å². The zero-order chi connectivity index (χ0) is 17.7. The number of hydrogen-bond donors (Lipinski definition) is 1. The van der Waals surface area contributed by atoms with Crippen LogP contribution in [0.3, 0.4) is 0 Å². The molecule has 23 heavy (non-hydrogen) atoms. The van der Waals surface area contributed by atoms with Crippen LogP contribution in [-0.4, -0.2) is 36.9 Å². The molecule has 1 fully saturated rings. The lowest BCUT2D eigenvalue weighted by Gasteiger charge is -2.37. The van der Waals surface area contributed by atoms with Gasteiger partial charge in [0.1, 0.15) is 0 Å². The molecule has 5 heteroatoms. The number of ether oxygens (including phenoxy) is 2. The first-order valence-corrected chi connectivity index (χ1v) is 8.58. The third-order valence-corrected chi connectivity index (χ3v) is 5.46. The number of hydrogen-bond acceptors (Lipinski definition) is 5. The van der Waals surface area contributed by atoms with Gasteiger partial charge >= 0.3 is 11.9 Å². The molecule has 3 atom stereocenters. The Labute approximate surface area is 139 Å². The standard InChI is InChI=1S/C18H32O5/c1-6-7-8-9-10-11-18(21)13-16(2,14(19)22-4)12-17(18,3)15(20)23-5/h21H,6-13H2,1-5H3/t16-,17-,18-/m1/s1. The Morgan fingerprint density at radius 1 is 0.957 bits per heavy atom. The van der Waals surface area contributed by atoms with Crippen LogP contribution in [0.4, 0.5) is 0 Å². The normalized spacial score (nSPS) is 33.5. The second-order valence-electron chi connectivity index (χ2n) is 7.43. The van der Waals surface area contributed by atoms with Crippen molar-refractivity contribution in [1.82, 2.24) is 0 Å². The van der Waals surface area contributed by atoms with Crippen LogP contribution < -0.4 is 0 Å². The molecule has 0 heterocycles. The molecule has 1 N–H and O–H groups in total. The van der Waals surface area contributed by atoms with Crippen LogP contribution in [0.1, 0.15) is 72.1 Å². The number of esters is 2. The molecule has 0 unspecified atom stereocenters. The number of carbonyl (C=O) groups excluding carboxylic acids is 2. The topological polar surface area (TPSA) is 72.8 Å².